The van der Waals surface area contributed by atoms with Gasteiger partial charge >= 0.3 is 29.8 Å². The molecule has 5 atom stereocenters. The van der Waals surface area contributed by atoms with Crippen LogP contribution in [0.3, 0.4) is 0 Å². The number of hydrogen-bond donors (Lipinski definition) is 14. The number of rotatable bonds is 11. The van der Waals surface area contributed by atoms with Crippen molar-refractivity contribution in [1.82, 2.24) is 0 Å². The SMILES string of the molecule is O=C(OC[C@H]1O[C@@H](OC(=O)c2cc(O)c([O-])c(O)c2)[C@H](OC(=O)c2cc(O)c(O)c(O)c2)[C@@H](OC(=O)c2cc(O)c(O)c(O)c2)[C@@H]1OC(=O)c1cc(O)c(O)c(O)c1)c1cc(O)c(O)c(O)c1. The molecule has 14 N–H and O–H groups in total. The molecule has 26 heteroatoms. The van der Waals surface area contributed by atoms with E-state index in [1.54, 1.807) is 0 Å². The Morgan fingerprint density at radius 2 is 0.657 bits per heavy atom. The molecule has 0 amide bonds. The smallest absolute Gasteiger partial charge is 0.340 e. The average Bonchev–Trinajstić information content (AvgIpc) is 3.27. The van der Waals surface area contributed by atoms with E-state index < -0.39 is 181 Å². The molecule has 1 aliphatic rings. The molecule has 1 saturated heterocycles. The predicted molar refractivity (Wildman–Crippen MR) is 207 cm³/mol. The lowest BCUT2D eigenvalue weighted by molar-refractivity contribution is -0.282. The molecule has 1 aliphatic heterocycles. The minimum absolute atomic E-state index is 0.492. The first-order valence-corrected chi connectivity index (χ1v) is 18.3. The summed E-state index contributed by atoms with van der Waals surface area (Å²) >= 11 is 0. The maximum absolute atomic E-state index is 13.9. The van der Waals surface area contributed by atoms with Crippen LogP contribution in [0, 0.1) is 0 Å². The maximum Gasteiger partial charge on any atom is 0.340 e. The molecular weight excluding hydrogens is 908 g/mol. The summed E-state index contributed by atoms with van der Waals surface area (Å²) in [5, 5.41) is 152. The lowest BCUT2D eigenvalue weighted by Gasteiger charge is -2.43. The van der Waals surface area contributed by atoms with Crippen LogP contribution in [0.25, 0.3) is 0 Å². The number of benzene rings is 5. The molecule has 0 aromatic heterocycles. The van der Waals surface area contributed by atoms with Crippen molar-refractivity contribution >= 4 is 29.8 Å². The van der Waals surface area contributed by atoms with Crippen LogP contribution < -0.4 is 5.11 Å². The van der Waals surface area contributed by atoms with E-state index in [0.29, 0.717) is 60.7 Å². The van der Waals surface area contributed by atoms with E-state index in [2.05, 4.69) is 0 Å². The average molecular weight is 940 g/mol. The van der Waals surface area contributed by atoms with Gasteiger partial charge < -0.3 is 105 Å². The molecule has 6 rings (SSSR count). The highest BCUT2D eigenvalue weighted by molar-refractivity contribution is 5.94. The first-order chi connectivity index (χ1) is 31.4. The molecule has 5 aromatic carbocycles. The van der Waals surface area contributed by atoms with Gasteiger partial charge in [-0.15, -0.1) is 0 Å². The Morgan fingerprint density at radius 1 is 0.388 bits per heavy atom. The van der Waals surface area contributed by atoms with Gasteiger partial charge in [0.1, 0.15) is 24.2 Å². The lowest BCUT2D eigenvalue weighted by atomic mass is 9.97. The number of hydrogen-bond acceptors (Lipinski definition) is 26. The Labute approximate surface area is 370 Å². The first-order valence-electron chi connectivity index (χ1n) is 18.3. The third-order valence-corrected chi connectivity index (χ3v) is 9.43. The number of phenols is 14. The summed E-state index contributed by atoms with van der Waals surface area (Å²) in [7, 11) is 0. The van der Waals surface area contributed by atoms with Crippen LogP contribution in [0.2, 0.25) is 0 Å². The Balaban J connectivity index is 1.52. The van der Waals surface area contributed by atoms with E-state index >= 15 is 0 Å². The number of ether oxygens (including phenoxy) is 6. The van der Waals surface area contributed by atoms with Gasteiger partial charge in [0, 0.05) is 0 Å². The molecular formula is C41H31O26-. The quantitative estimate of drug-likeness (QED) is 0.0500. The zero-order valence-electron chi connectivity index (χ0n) is 33.0. The van der Waals surface area contributed by atoms with Crippen LogP contribution in [-0.4, -0.2) is 139 Å². The molecule has 0 bridgehead atoms. The van der Waals surface area contributed by atoms with E-state index in [1.165, 1.54) is 0 Å². The third-order valence-electron chi connectivity index (χ3n) is 9.43. The van der Waals surface area contributed by atoms with Crippen LogP contribution >= 0.6 is 0 Å². The molecule has 26 nitrogen and oxygen atoms in total. The Kier molecular flexibility index (Phi) is 12.8. The largest absolute Gasteiger partial charge is 0.867 e. The zero-order valence-corrected chi connectivity index (χ0v) is 33.0. The van der Waals surface area contributed by atoms with Crippen LogP contribution in [0.4, 0.5) is 0 Å². The van der Waals surface area contributed by atoms with Gasteiger partial charge in [0.15, 0.2) is 81.2 Å². The molecule has 0 spiro atoms. The Morgan fingerprint density at radius 3 is 1.00 bits per heavy atom. The number of esters is 5. The fourth-order valence-corrected chi connectivity index (χ4v) is 6.10. The minimum Gasteiger partial charge on any atom is -0.867 e. The van der Waals surface area contributed by atoms with Crippen molar-refractivity contribution in [2.24, 2.45) is 0 Å². The molecule has 67 heavy (non-hydrogen) atoms. The Bertz CT molecular complexity index is 2720. The minimum atomic E-state index is -2.58. The van der Waals surface area contributed by atoms with Gasteiger partial charge in [0.05, 0.1) is 27.8 Å². The number of phenolic OH excluding ortho intramolecular Hbond substituents is 14. The zero-order chi connectivity index (χ0) is 49.3. The summed E-state index contributed by atoms with van der Waals surface area (Å²) in [4.78, 5) is 68.4. The second kappa shape index (κ2) is 18.3. The van der Waals surface area contributed by atoms with Crippen LogP contribution in [0.1, 0.15) is 51.8 Å². The molecule has 1 fully saturated rings. The molecule has 0 unspecified atom stereocenters. The van der Waals surface area contributed by atoms with Crippen molar-refractivity contribution in [2.45, 2.75) is 30.7 Å². The Hall–Kier alpha value is -9.59. The summed E-state index contributed by atoms with van der Waals surface area (Å²) in [6, 6.07) is 5.43. The lowest BCUT2D eigenvalue weighted by Crippen LogP contribution is -2.63. The van der Waals surface area contributed by atoms with Crippen molar-refractivity contribution in [2.75, 3.05) is 6.61 Å². The highest BCUT2D eigenvalue weighted by atomic mass is 16.7. The first kappa shape index (κ1) is 46.9. The molecule has 0 radical (unpaired) electrons. The van der Waals surface area contributed by atoms with Gasteiger partial charge in [-0.05, 0) is 66.4 Å². The standard InChI is InChI=1S/C41H32O26/c42-17-1-12(2-18(43)28(17)52)36(57)62-11-27-33(64-37(58)13-3-19(44)29(53)20(45)4-13)34(65-38(59)14-5-21(46)30(54)22(47)6-14)35(66-39(60)15-7-23(48)31(55)24(49)8-15)41(63-27)67-40(61)16-9-25(50)32(56)26(51)10-16/h1-10,27,33-35,41-56H,11H2/p-1/t27-,33-,34+,35-,41+/m1/s1. The number of aromatic hydroxyl groups is 14. The van der Waals surface area contributed by atoms with Crippen molar-refractivity contribution in [3.8, 4) is 86.2 Å². The summed E-state index contributed by atoms with van der Waals surface area (Å²) in [6.45, 7) is -1.26. The maximum atomic E-state index is 13.9. The van der Waals surface area contributed by atoms with Crippen molar-refractivity contribution < 1.29 is 129 Å². The monoisotopic (exact) mass is 939 g/mol. The highest BCUT2D eigenvalue weighted by Crippen LogP contribution is 2.41. The molecule has 0 aliphatic carbocycles. The van der Waals surface area contributed by atoms with E-state index in [9.17, 15) is 101 Å². The summed E-state index contributed by atoms with van der Waals surface area (Å²) < 4.78 is 33.1. The van der Waals surface area contributed by atoms with Crippen LogP contribution in [0.5, 0.6) is 86.2 Å². The summed E-state index contributed by atoms with van der Waals surface area (Å²) in [6.07, 6.45) is -12.3. The van der Waals surface area contributed by atoms with E-state index in [4.69, 9.17) is 28.4 Å². The molecule has 352 valence electrons. The van der Waals surface area contributed by atoms with Crippen LogP contribution in [-0.2, 0) is 28.4 Å². The van der Waals surface area contributed by atoms with Crippen molar-refractivity contribution in [1.29, 1.82) is 0 Å². The third kappa shape index (κ3) is 9.67. The van der Waals surface area contributed by atoms with Crippen LogP contribution in [0.15, 0.2) is 60.7 Å². The van der Waals surface area contributed by atoms with Gasteiger partial charge in [-0.2, -0.15) is 0 Å². The van der Waals surface area contributed by atoms with E-state index in [0.717, 1.165) is 0 Å². The molecule has 0 saturated carbocycles. The van der Waals surface area contributed by atoms with Crippen molar-refractivity contribution in [3.63, 3.8) is 0 Å². The van der Waals surface area contributed by atoms with Gasteiger partial charge in [0.25, 0.3) is 0 Å². The second-order valence-electron chi connectivity index (χ2n) is 14.0. The summed E-state index contributed by atoms with van der Waals surface area (Å²) in [5.74, 6) is -25.0. The highest BCUT2D eigenvalue weighted by Gasteiger charge is 2.55. The van der Waals surface area contributed by atoms with Gasteiger partial charge in [0.2, 0.25) is 12.4 Å². The number of carbonyl (C=O) groups excluding carboxylic acids is 5. The predicted octanol–water partition coefficient (Wildman–Crippen LogP) is 1.05. The van der Waals surface area contributed by atoms with Gasteiger partial charge in [-0.3, -0.25) is 0 Å². The topological polar surface area (TPSA) is 447 Å². The van der Waals surface area contributed by atoms with Crippen molar-refractivity contribution in [3.05, 3.63) is 88.5 Å². The molecule has 5 aromatic rings. The van der Waals surface area contributed by atoms with E-state index in [-0.39, 0.29) is 0 Å². The number of carbonyl (C=O) groups is 5. The fourth-order valence-electron chi connectivity index (χ4n) is 6.10. The second-order valence-corrected chi connectivity index (χ2v) is 14.0. The fraction of sp³-hybridized carbons (Fsp3) is 0.146. The molecule has 1 heterocycles. The summed E-state index contributed by atoms with van der Waals surface area (Å²) in [5.41, 5.74) is -3.94. The van der Waals surface area contributed by atoms with E-state index in [1.807, 2.05) is 0 Å². The van der Waals surface area contributed by atoms with Gasteiger partial charge in [-0.25, -0.2) is 24.0 Å². The normalized spacial score (nSPS) is 17.7. The van der Waals surface area contributed by atoms with Gasteiger partial charge in [-0.1, -0.05) is 0 Å².